The summed E-state index contributed by atoms with van der Waals surface area (Å²) < 4.78 is 39.4. The first-order valence-electron chi connectivity index (χ1n) is 5.89. The molecule has 0 aliphatic rings. The van der Waals surface area contributed by atoms with Gasteiger partial charge in [-0.3, -0.25) is 0 Å². The smallest absolute Gasteiger partial charge is 0.358 e. The summed E-state index contributed by atoms with van der Waals surface area (Å²) in [5, 5.41) is 8.60. The number of nitrogens with two attached hydrogens (primary N) is 1. The van der Waals surface area contributed by atoms with E-state index in [1.807, 2.05) is 6.07 Å². The molecule has 0 bridgehead atoms. The van der Waals surface area contributed by atoms with Gasteiger partial charge in [0.05, 0.1) is 12.5 Å². The molecule has 2 atom stereocenters. The van der Waals surface area contributed by atoms with E-state index in [1.54, 1.807) is 30.3 Å². The Balaban J connectivity index is 3.11. The van der Waals surface area contributed by atoms with Crippen LogP contribution in [-0.4, -0.2) is 24.8 Å². The maximum absolute atomic E-state index is 13.1. The van der Waals surface area contributed by atoms with Crippen LogP contribution in [0.4, 0.5) is 18.9 Å². The van der Waals surface area contributed by atoms with E-state index in [9.17, 15) is 13.2 Å². The molecule has 0 saturated heterocycles. The lowest BCUT2D eigenvalue weighted by atomic mass is 10.1. The minimum atomic E-state index is -4.44. The highest BCUT2D eigenvalue weighted by molar-refractivity contribution is 5.48. The van der Waals surface area contributed by atoms with Crippen LogP contribution < -0.4 is 10.6 Å². The molecule has 2 N–H and O–H groups in total. The summed E-state index contributed by atoms with van der Waals surface area (Å²) in [4.78, 5) is 1.15. The number of halogens is 3. The summed E-state index contributed by atoms with van der Waals surface area (Å²) in [5.41, 5.74) is 5.90. The Hall–Kier alpha value is -1.74. The van der Waals surface area contributed by atoms with E-state index >= 15 is 0 Å². The molecule has 104 valence electrons. The highest BCUT2D eigenvalue weighted by Gasteiger charge is 2.45. The summed E-state index contributed by atoms with van der Waals surface area (Å²) in [6, 6.07) is 7.17. The predicted octanol–water partition coefficient (Wildman–Crippen LogP) is 2.68. The first kappa shape index (κ1) is 15.3. The van der Waals surface area contributed by atoms with Gasteiger partial charge in [-0.05, 0) is 19.1 Å². The zero-order valence-corrected chi connectivity index (χ0v) is 10.6. The number of anilines is 1. The van der Waals surface area contributed by atoms with E-state index < -0.39 is 18.3 Å². The van der Waals surface area contributed by atoms with Crippen LogP contribution in [0.1, 0.15) is 13.3 Å². The van der Waals surface area contributed by atoms with Gasteiger partial charge in [0, 0.05) is 18.3 Å². The summed E-state index contributed by atoms with van der Waals surface area (Å²) >= 11 is 0. The second-order valence-electron chi connectivity index (χ2n) is 4.28. The molecule has 1 aromatic carbocycles. The largest absolute Gasteiger partial charge is 0.410 e. The van der Waals surface area contributed by atoms with Crippen molar-refractivity contribution in [2.24, 2.45) is 5.73 Å². The maximum Gasteiger partial charge on any atom is 0.410 e. The summed E-state index contributed by atoms with van der Waals surface area (Å²) in [6.07, 6.45) is -4.44. The molecule has 0 aliphatic heterocycles. The van der Waals surface area contributed by atoms with Crippen LogP contribution in [0.15, 0.2) is 30.3 Å². The topological polar surface area (TPSA) is 53.0 Å². The molecule has 0 aliphatic carbocycles. The second-order valence-corrected chi connectivity index (χ2v) is 4.28. The van der Waals surface area contributed by atoms with Crippen molar-refractivity contribution < 1.29 is 13.2 Å². The third-order valence-corrected chi connectivity index (χ3v) is 2.72. The van der Waals surface area contributed by atoms with Crippen molar-refractivity contribution in [3.63, 3.8) is 0 Å². The number of nitriles is 1. The molecule has 0 radical (unpaired) electrons. The van der Waals surface area contributed by atoms with E-state index in [1.165, 1.54) is 6.92 Å². The Morgan fingerprint density at radius 1 is 1.32 bits per heavy atom. The van der Waals surface area contributed by atoms with Gasteiger partial charge in [0.1, 0.15) is 6.04 Å². The molecule has 2 unspecified atom stereocenters. The lowest BCUT2D eigenvalue weighted by Crippen LogP contribution is -2.55. The van der Waals surface area contributed by atoms with E-state index in [-0.39, 0.29) is 13.0 Å². The first-order chi connectivity index (χ1) is 8.88. The molecule has 6 heteroatoms. The van der Waals surface area contributed by atoms with Gasteiger partial charge in [0.25, 0.3) is 0 Å². The number of para-hydroxylation sites is 1. The van der Waals surface area contributed by atoms with Crippen LogP contribution in [0.3, 0.4) is 0 Å². The predicted molar refractivity (Wildman–Crippen MR) is 67.5 cm³/mol. The molecule has 0 heterocycles. The quantitative estimate of drug-likeness (QED) is 0.895. The molecular weight excluding hydrogens is 255 g/mol. The van der Waals surface area contributed by atoms with Gasteiger partial charge in [-0.15, -0.1) is 0 Å². The van der Waals surface area contributed by atoms with Crippen molar-refractivity contribution in [3.8, 4) is 6.07 Å². The van der Waals surface area contributed by atoms with Crippen molar-refractivity contribution in [2.45, 2.75) is 31.6 Å². The van der Waals surface area contributed by atoms with Crippen molar-refractivity contribution in [1.29, 1.82) is 5.26 Å². The van der Waals surface area contributed by atoms with Gasteiger partial charge < -0.3 is 10.6 Å². The van der Waals surface area contributed by atoms with Crippen LogP contribution in [0.2, 0.25) is 0 Å². The minimum Gasteiger partial charge on any atom is -0.358 e. The van der Waals surface area contributed by atoms with Crippen molar-refractivity contribution in [3.05, 3.63) is 30.3 Å². The van der Waals surface area contributed by atoms with Crippen LogP contribution in [0, 0.1) is 11.3 Å². The average molecular weight is 271 g/mol. The molecule has 1 rings (SSSR count). The number of alkyl halides is 3. The zero-order chi connectivity index (χ0) is 14.5. The lowest BCUT2D eigenvalue weighted by molar-refractivity contribution is -0.152. The summed E-state index contributed by atoms with van der Waals surface area (Å²) in [7, 11) is 0. The third-order valence-electron chi connectivity index (χ3n) is 2.72. The highest BCUT2D eigenvalue weighted by atomic mass is 19.4. The van der Waals surface area contributed by atoms with E-state index in [0.717, 1.165) is 4.90 Å². The molecular formula is C13H16F3N3. The average Bonchev–Trinajstić information content (AvgIpc) is 2.33. The molecule has 0 aromatic heterocycles. The monoisotopic (exact) mass is 271 g/mol. The Bertz CT molecular complexity index is 423. The van der Waals surface area contributed by atoms with Gasteiger partial charge in [-0.1, -0.05) is 18.2 Å². The Kier molecular flexibility index (Phi) is 5.19. The zero-order valence-electron chi connectivity index (χ0n) is 10.6. The van der Waals surface area contributed by atoms with E-state index in [4.69, 9.17) is 11.0 Å². The molecule has 3 nitrogen and oxygen atoms in total. The van der Waals surface area contributed by atoms with Crippen LogP contribution >= 0.6 is 0 Å². The number of hydrogen-bond donors (Lipinski definition) is 1. The summed E-state index contributed by atoms with van der Waals surface area (Å²) in [5.74, 6) is 0. The SMILES string of the molecule is CC(N)C(N(CCC#N)c1ccccc1)C(F)(F)F. The van der Waals surface area contributed by atoms with Crippen LogP contribution in [-0.2, 0) is 0 Å². The third kappa shape index (κ3) is 4.14. The Labute approximate surface area is 110 Å². The van der Waals surface area contributed by atoms with Gasteiger partial charge in [0.2, 0.25) is 0 Å². The van der Waals surface area contributed by atoms with Crippen molar-refractivity contribution in [2.75, 3.05) is 11.4 Å². The minimum absolute atomic E-state index is 0.00771. The number of rotatable bonds is 5. The van der Waals surface area contributed by atoms with Crippen LogP contribution in [0.5, 0.6) is 0 Å². The molecule has 0 saturated carbocycles. The lowest BCUT2D eigenvalue weighted by Gasteiger charge is -2.36. The molecule has 0 amide bonds. The first-order valence-corrected chi connectivity index (χ1v) is 5.89. The Morgan fingerprint density at radius 2 is 1.89 bits per heavy atom. The van der Waals surface area contributed by atoms with E-state index in [2.05, 4.69) is 0 Å². The number of hydrogen-bond acceptors (Lipinski definition) is 3. The number of benzene rings is 1. The molecule has 0 fully saturated rings. The molecule has 1 aromatic rings. The fourth-order valence-electron chi connectivity index (χ4n) is 1.98. The number of nitrogens with zero attached hydrogens (tertiary/aromatic N) is 2. The fraction of sp³-hybridized carbons (Fsp3) is 0.462. The highest BCUT2D eigenvalue weighted by Crippen LogP contribution is 2.30. The van der Waals surface area contributed by atoms with Gasteiger partial charge in [-0.25, -0.2) is 0 Å². The van der Waals surface area contributed by atoms with Crippen molar-refractivity contribution >= 4 is 5.69 Å². The van der Waals surface area contributed by atoms with Crippen molar-refractivity contribution in [1.82, 2.24) is 0 Å². The standard InChI is InChI=1S/C13H16F3N3/c1-10(18)12(13(14,15)16)19(9-5-8-17)11-6-3-2-4-7-11/h2-4,6-7,10,12H,5,9,18H2,1H3. The van der Waals surface area contributed by atoms with E-state index in [0.29, 0.717) is 5.69 Å². The van der Waals surface area contributed by atoms with Gasteiger partial charge in [-0.2, -0.15) is 18.4 Å². The molecule has 0 spiro atoms. The maximum atomic E-state index is 13.1. The normalized spacial score (nSPS) is 14.5. The summed E-state index contributed by atoms with van der Waals surface area (Å²) in [6.45, 7) is 1.31. The second kappa shape index (κ2) is 6.43. The molecule has 19 heavy (non-hydrogen) atoms. The van der Waals surface area contributed by atoms with Crippen LogP contribution in [0.25, 0.3) is 0 Å². The van der Waals surface area contributed by atoms with Gasteiger partial charge in [0.15, 0.2) is 0 Å². The Morgan fingerprint density at radius 3 is 2.32 bits per heavy atom. The van der Waals surface area contributed by atoms with Gasteiger partial charge >= 0.3 is 6.18 Å². The fourth-order valence-corrected chi connectivity index (χ4v) is 1.98.